The lowest BCUT2D eigenvalue weighted by atomic mass is 9.78. The highest BCUT2D eigenvalue weighted by atomic mass is 32.2. The van der Waals surface area contributed by atoms with E-state index in [0.717, 1.165) is 43.4 Å². The van der Waals surface area contributed by atoms with Gasteiger partial charge in [-0.1, -0.05) is 11.8 Å². The fraction of sp³-hybridized carbons (Fsp3) is 0.765. The predicted molar refractivity (Wildman–Crippen MR) is 93.9 cm³/mol. The molecule has 4 rings (SSSR count). The van der Waals surface area contributed by atoms with Crippen LogP contribution in [0.5, 0.6) is 0 Å². The van der Waals surface area contributed by atoms with Gasteiger partial charge in [0.15, 0.2) is 5.16 Å². The van der Waals surface area contributed by atoms with Crippen molar-refractivity contribution in [2.45, 2.75) is 37.3 Å². The zero-order chi connectivity index (χ0) is 17.4. The average molecular weight is 363 g/mol. The number of amides is 2. The van der Waals surface area contributed by atoms with Gasteiger partial charge >= 0.3 is 0 Å². The van der Waals surface area contributed by atoms with Gasteiger partial charge in [0.05, 0.1) is 11.2 Å². The van der Waals surface area contributed by atoms with Crippen LogP contribution in [0.3, 0.4) is 0 Å². The van der Waals surface area contributed by atoms with Gasteiger partial charge in [0.1, 0.15) is 6.33 Å². The number of piperidine rings is 1. The summed E-state index contributed by atoms with van der Waals surface area (Å²) >= 11 is 1.40. The fourth-order valence-electron chi connectivity index (χ4n) is 4.02. The van der Waals surface area contributed by atoms with Gasteiger partial charge in [-0.2, -0.15) is 0 Å². The van der Waals surface area contributed by atoms with Crippen molar-refractivity contribution in [1.82, 2.24) is 24.6 Å². The van der Waals surface area contributed by atoms with Gasteiger partial charge in [-0.3, -0.25) is 9.59 Å². The first-order chi connectivity index (χ1) is 12.1. The van der Waals surface area contributed by atoms with Crippen molar-refractivity contribution in [1.29, 1.82) is 0 Å². The number of rotatable bonds is 5. The van der Waals surface area contributed by atoms with Crippen LogP contribution in [0, 0.1) is 11.3 Å². The lowest BCUT2D eigenvalue weighted by molar-refractivity contribution is -0.146. The smallest absolute Gasteiger partial charge is 0.233 e. The van der Waals surface area contributed by atoms with E-state index in [4.69, 9.17) is 0 Å². The van der Waals surface area contributed by atoms with Crippen LogP contribution in [0.1, 0.15) is 32.1 Å². The summed E-state index contributed by atoms with van der Waals surface area (Å²) in [5.74, 6) is 1.46. The highest BCUT2D eigenvalue weighted by Crippen LogP contribution is 2.41. The Morgan fingerprint density at radius 1 is 1.36 bits per heavy atom. The Hall–Kier alpha value is -1.57. The molecule has 8 heteroatoms. The summed E-state index contributed by atoms with van der Waals surface area (Å²) < 4.78 is 1.81. The Morgan fingerprint density at radius 3 is 2.92 bits per heavy atom. The zero-order valence-corrected chi connectivity index (χ0v) is 15.5. The monoisotopic (exact) mass is 363 g/mol. The SMILES string of the molecule is Cn1cnnc1SCC(=O)N1CC[C@]2(CCCN(CC3CC3)C2=O)C1. The predicted octanol–water partition coefficient (Wildman–Crippen LogP) is 1.16. The molecule has 2 saturated heterocycles. The van der Waals surface area contributed by atoms with E-state index >= 15 is 0 Å². The Morgan fingerprint density at radius 2 is 2.20 bits per heavy atom. The van der Waals surface area contributed by atoms with Crippen molar-refractivity contribution in [3.63, 3.8) is 0 Å². The molecule has 3 fully saturated rings. The standard InChI is InChI=1S/C17H25N5O2S/c1-20-12-18-19-16(20)25-10-14(23)22-8-6-17(11-22)5-2-7-21(15(17)24)9-13-3-4-13/h12-13H,2-11H2,1H3/t17-/m1/s1. The molecular weight excluding hydrogens is 338 g/mol. The Balaban J connectivity index is 1.35. The molecule has 3 aliphatic rings. The van der Waals surface area contributed by atoms with Crippen LogP contribution in [0.15, 0.2) is 11.5 Å². The molecule has 1 atom stereocenters. The number of aryl methyl sites for hydroxylation is 1. The van der Waals surface area contributed by atoms with Crippen LogP contribution in [0.25, 0.3) is 0 Å². The summed E-state index contributed by atoms with van der Waals surface area (Å²) in [6.07, 6.45) is 6.96. The van der Waals surface area contributed by atoms with Gasteiger partial charge in [-0.15, -0.1) is 10.2 Å². The minimum atomic E-state index is -0.321. The van der Waals surface area contributed by atoms with E-state index in [-0.39, 0.29) is 11.3 Å². The molecule has 1 saturated carbocycles. The third kappa shape index (κ3) is 3.41. The first-order valence-corrected chi connectivity index (χ1v) is 10.1. The summed E-state index contributed by atoms with van der Waals surface area (Å²) in [7, 11) is 1.87. The van der Waals surface area contributed by atoms with E-state index in [1.807, 2.05) is 16.5 Å². The molecule has 3 heterocycles. The number of aromatic nitrogens is 3. The van der Waals surface area contributed by atoms with Gasteiger partial charge in [-0.05, 0) is 38.0 Å². The number of likely N-dealkylation sites (tertiary alicyclic amines) is 2. The normalized spacial score (nSPS) is 26.7. The molecule has 0 bridgehead atoms. The number of carbonyl (C=O) groups excluding carboxylic acids is 2. The fourth-order valence-corrected chi connectivity index (χ4v) is 4.81. The number of hydrogen-bond donors (Lipinski definition) is 0. The van der Waals surface area contributed by atoms with Gasteiger partial charge < -0.3 is 14.4 Å². The number of hydrogen-bond acceptors (Lipinski definition) is 5. The van der Waals surface area contributed by atoms with Crippen molar-refractivity contribution >= 4 is 23.6 Å². The molecule has 7 nitrogen and oxygen atoms in total. The maximum Gasteiger partial charge on any atom is 0.233 e. The quantitative estimate of drug-likeness (QED) is 0.734. The molecule has 0 radical (unpaired) electrons. The van der Waals surface area contributed by atoms with E-state index in [1.165, 1.54) is 24.6 Å². The second kappa shape index (κ2) is 6.63. The Kier molecular flexibility index (Phi) is 4.47. The molecule has 1 aromatic heterocycles. The van der Waals surface area contributed by atoms with Gasteiger partial charge in [0, 0.05) is 33.2 Å². The number of nitrogens with zero attached hydrogens (tertiary/aromatic N) is 5. The molecule has 0 aromatic carbocycles. The summed E-state index contributed by atoms with van der Waals surface area (Å²) in [5, 5.41) is 8.57. The van der Waals surface area contributed by atoms with Crippen molar-refractivity contribution in [3.8, 4) is 0 Å². The molecule has 2 aliphatic heterocycles. The summed E-state index contributed by atoms with van der Waals surface area (Å²) in [6, 6.07) is 0. The van der Waals surface area contributed by atoms with E-state index < -0.39 is 0 Å². The van der Waals surface area contributed by atoms with E-state index in [9.17, 15) is 9.59 Å². The lowest BCUT2D eigenvalue weighted by Gasteiger charge is -2.39. The maximum absolute atomic E-state index is 13.0. The van der Waals surface area contributed by atoms with Crippen molar-refractivity contribution in [3.05, 3.63) is 6.33 Å². The van der Waals surface area contributed by atoms with E-state index in [1.54, 1.807) is 6.33 Å². The third-order valence-corrected chi connectivity index (χ3v) is 6.72. The van der Waals surface area contributed by atoms with Crippen LogP contribution >= 0.6 is 11.8 Å². The molecule has 136 valence electrons. The molecular formula is C17H25N5O2S. The molecule has 0 N–H and O–H groups in total. The van der Waals surface area contributed by atoms with Gasteiger partial charge in [0.25, 0.3) is 0 Å². The second-order valence-corrected chi connectivity index (χ2v) is 8.60. The highest BCUT2D eigenvalue weighted by molar-refractivity contribution is 7.99. The molecule has 2 amide bonds. The van der Waals surface area contributed by atoms with Crippen molar-refractivity contribution in [2.24, 2.45) is 18.4 Å². The van der Waals surface area contributed by atoms with Gasteiger partial charge in [0.2, 0.25) is 11.8 Å². The maximum atomic E-state index is 13.0. The summed E-state index contributed by atoms with van der Waals surface area (Å²) in [4.78, 5) is 29.6. The van der Waals surface area contributed by atoms with Crippen LogP contribution in [0.4, 0.5) is 0 Å². The molecule has 0 unspecified atom stereocenters. The van der Waals surface area contributed by atoms with Crippen molar-refractivity contribution < 1.29 is 9.59 Å². The van der Waals surface area contributed by atoms with Crippen LogP contribution < -0.4 is 0 Å². The molecule has 1 aromatic rings. The molecule has 1 aliphatic carbocycles. The van der Waals surface area contributed by atoms with Gasteiger partial charge in [-0.25, -0.2) is 0 Å². The molecule has 1 spiro atoms. The Labute approximate surface area is 152 Å². The number of thioether (sulfide) groups is 1. The largest absolute Gasteiger partial charge is 0.342 e. The summed E-state index contributed by atoms with van der Waals surface area (Å²) in [6.45, 7) is 3.11. The van der Waals surface area contributed by atoms with Crippen molar-refractivity contribution in [2.75, 3.05) is 31.9 Å². The topological polar surface area (TPSA) is 71.3 Å². The van der Waals surface area contributed by atoms with Crippen LogP contribution in [-0.4, -0.2) is 68.3 Å². The average Bonchev–Trinajstić information content (AvgIpc) is 3.16. The first-order valence-electron chi connectivity index (χ1n) is 9.11. The highest BCUT2D eigenvalue weighted by Gasteiger charge is 2.49. The van der Waals surface area contributed by atoms with E-state index in [0.29, 0.717) is 24.7 Å². The van der Waals surface area contributed by atoms with E-state index in [2.05, 4.69) is 15.1 Å². The first kappa shape index (κ1) is 16.9. The minimum absolute atomic E-state index is 0.0944. The molecule has 25 heavy (non-hydrogen) atoms. The lowest BCUT2D eigenvalue weighted by Crippen LogP contribution is -2.51. The number of carbonyl (C=O) groups is 2. The Bertz CT molecular complexity index is 674. The van der Waals surface area contributed by atoms with Crippen LogP contribution in [-0.2, 0) is 16.6 Å². The zero-order valence-electron chi connectivity index (χ0n) is 14.7. The second-order valence-electron chi connectivity index (χ2n) is 7.66. The third-order valence-electron chi connectivity index (χ3n) is 5.70. The van der Waals surface area contributed by atoms with Crippen LogP contribution in [0.2, 0.25) is 0 Å². The summed E-state index contributed by atoms with van der Waals surface area (Å²) in [5.41, 5.74) is -0.321. The minimum Gasteiger partial charge on any atom is -0.342 e.